The van der Waals surface area contributed by atoms with Crippen molar-refractivity contribution in [3.05, 3.63) is 0 Å². The molecule has 11 N–H and O–H groups in total. The lowest BCUT2D eigenvalue weighted by Gasteiger charge is -2.25. The van der Waals surface area contributed by atoms with Gasteiger partial charge in [0.25, 0.3) is 0 Å². The summed E-state index contributed by atoms with van der Waals surface area (Å²) >= 11 is 3.89. The highest BCUT2D eigenvalue weighted by atomic mass is 32.1. The van der Waals surface area contributed by atoms with Crippen LogP contribution in [0.4, 0.5) is 0 Å². The van der Waals surface area contributed by atoms with E-state index in [1.54, 1.807) is 0 Å². The van der Waals surface area contributed by atoms with Gasteiger partial charge in [-0.2, -0.15) is 12.6 Å². The van der Waals surface area contributed by atoms with Crippen molar-refractivity contribution in [1.82, 2.24) is 16.0 Å². The van der Waals surface area contributed by atoms with Crippen LogP contribution in [-0.4, -0.2) is 82.3 Å². The number of hydrogen-bond acceptors (Lipinski definition) is 8. The van der Waals surface area contributed by atoms with Crippen LogP contribution in [0.1, 0.15) is 46.0 Å². The number of nitrogens with two attached hydrogens (primary N) is 3. The van der Waals surface area contributed by atoms with Gasteiger partial charge in [0, 0.05) is 18.7 Å². The van der Waals surface area contributed by atoms with Crippen LogP contribution in [0.15, 0.2) is 4.99 Å². The molecule has 15 heteroatoms. The van der Waals surface area contributed by atoms with Gasteiger partial charge in [0.2, 0.25) is 17.7 Å². The minimum atomic E-state index is -1.32. The predicted octanol–water partition coefficient (Wildman–Crippen LogP) is -2.25. The summed E-state index contributed by atoms with van der Waals surface area (Å²) in [5, 5.41) is 25.4. The molecule has 200 valence electrons. The van der Waals surface area contributed by atoms with Crippen molar-refractivity contribution in [3.63, 3.8) is 0 Å². The summed E-state index contributed by atoms with van der Waals surface area (Å²) in [6.45, 7) is 3.87. The Labute approximate surface area is 209 Å². The van der Waals surface area contributed by atoms with Crippen LogP contribution in [0.5, 0.6) is 0 Å². The lowest BCUT2D eigenvalue weighted by atomic mass is 10.0. The van der Waals surface area contributed by atoms with Gasteiger partial charge in [-0.1, -0.05) is 13.8 Å². The van der Waals surface area contributed by atoms with Crippen LogP contribution in [0.3, 0.4) is 0 Å². The molecule has 0 spiro atoms. The molecule has 35 heavy (non-hydrogen) atoms. The van der Waals surface area contributed by atoms with Gasteiger partial charge >= 0.3 is 11.9 Å². The number of carbonyl (C=O) groups excluding carboxylic acids is 3. The minimum Gasteiger partial charge on any atom is -0.481 e. The fourth-order valence-corrected chi connectivity index (χ4v) is 3.18. The third kappa shape index (κ3) is 14.0. The fraction of sp³-hybridized carbons (Fsp3) is 0.700. The van der Waals surface area contributed by atoms with Gasteiger partial charge in [0.05, 0.1) is 6.04 Å². The van der Waals surface area contributed by atoms with E-state index in [2.05, 4.69) is 33.6 Å². The summed E-state index contributed by atoms with van der Waals surface area (Å²) < 4.78 is 0. The SMILES string of the molecule is CC(C)CC(N)C(=O)NC(CCC(=O)O)C(=O)NC(CCCN=C(N)N)C(=O)NC(CS)C(=O)O. The van der Waals surface area contributed by atoms with Crippen LogP contribution >= 0.6 is 12.6 Å². The molecule has 0 heterocycles. The summed E-state index contributed by atoms with van der Waals surface area (Å²) in [4.78, 5) is 64.2. The number of carboxylic acid groups (broad SMARTS) is 2. The quantitative estimate of drug-likeness (QED) is 0.0431. The number of aliphatic carboxylic acids is 2. The van der Waals surface area contributed by atoms with E-state index in [1.807, 2.05) is 13.8 Å². The Kier molecular flexibility index (Phi) is 15.1. The van der Waals surface area contributed by atoms with Gasteiger partial charge in [-0.05, 0) is 31.6 Å². The Bertz CT molecular complexity index is 775. The van der Waals surface area contributed by atoms with Gasteiger partial charge in [-0.3, -0.25) is 24.2 Å². The molecule has 3 amide bonds. The predicted molar refractivity (Wildman–Crippen MR) is 131 cm³/mol. The number of guanidine groups is 1. The standard InChI is InChI=1S/C20H37N7O7S/c1-10(2)8-11(21)16(30)25-13(5-6-15(28)29)18(32)26-12(4-3-7-24-20(22)23)17(31)27-14(9-35)19(33)34/h10-14,35H,3-9,21H2,1-2H3,(H,25,30)(H,26,32)(H,27,31)(H,28,29)(H,33,34)(H4,22,23,24). The summed E-state index contributed by atoms with van der Waals surface area (Å²) in [6, 6.07) is -4.73. The molecule has 0 aromatic heterocycles. The van der Waals surface area contributed by atoms with Crippen LogP contribution in [0.25, 0.3) is 0 Å². The van der Waals surface area contributed by atoms with E-state index in [0.29, 0.717) is 6.42 Å². The second-order valence-electron chi connectivity index (χ2n) is 8.32. The third-order valence-corrected chi connectivity index (χ3v) is 5.08. The first-order valence-electron chi connectivity index (χ1n) is 11.1. The van der Waals surface area contributed by atoms with E-state index < -0.39 is 60.2 Å². The lowest BCUT2D eigenvalue weighted by Crippen LogP contribution is -2.57. The smallest absolute Gasteiger partial charge is 0.327 e. The molecule has 0 rings (SSSR count). The molecular formula is C20H37N7O7S. The second kappa shape index (κ2) is 16.5. The highest BCUT2D eigenvalue weighted by Crippen LogP contribution is 2.07. The maximum absolute atomic E-state index is 12.9. The summed E-state index contributed by atoms with van der Waals surface area (Å²) in [5.41, 5.74) is 16.4. The number of rotatable bonds is 17. The van der Waals surface area contributed by atoms with Gasteiger partial charge in [-0.15, -0.1) is 0 Å². The van der Waals surface area contributed by atoms with Gasteiger partial charge in [-0.25, -0.2) is 4.79 Å². The summed E-state index contributed by atoms with van der Waals surface area (Å²) in [6.07, 6.45) is -0.0623. The lowest BCUT2D eigenvalue weighted by molar-refractivity contribution is -0.141. The average molecular weight is 520 g/mol. The van der Waals surface area contributed by atoms with Crippen molar-refractivity contribution in [2.24, 2.45) is 28.1 Å². The molecule has 4 atom stereocenters. The maximum atomic E-state index is 12.9. The normalized spacial score (nSPS) is 14.2. The van der Waals surface area contributed by atoms with Crippen molar-refractivity contribution < 1.29 is 34.2 Å². The van der Waals surface area contributed by atoms with Crippen LogP contribution in [-0.2, 0) is 24.0 Å². The largest absolute Gasteiger partial charge is 0.481 e. The van der Waals surface area contributed by atoms with Crippen molar-refractivity contribution in [2.45, 2.75) is 70.1 Å². The van der Waals surface area contributed by atoms with Crippen molar-refractivity contribution in [2.75, 3.05) is 12.3 Å². The second-order valence-corrected chi connectivity index (χ2v) is 8.69. The van der Waals surface area contributed by atoms with E-state index in [1.165, 1.54) is 0 Å². The van der Waals surface area contributed by atoms with Gasteiger partial charge < -0.3 is 43.4 Å². The summed E-state index contributed by atoms with van der Waals surface area (Å²) in [5.74, 6) is -5.02. The maximum Gasteiger partial charge on any atom is 0.327 e. The van der Waals surface area contributed by atoms with E-state index in [-0.39, 0.29) is 43.4 Å². The number of nitrogens with one attached hydrogen (secondary N) is 3. The number of carboxylic acids is 2. The van der Waals surface area contributed by atoms with Gasteiger partial charge in [0.1, 0.15) is 18.1 Å². The number of hydrogen-bond donors (Lipinski definition) is 9. The topological polar surface area (TPSA) is 252 Å². The first kappa shape index (κ1) is 31.9. The van der Waals surface area contributed by atoms with Crippen LogP contribution < -0.4 is 33.2 Å². The van der Waals surface area contributed by atoms with Crippen molar-refractivity contribution in [1.29, 1.82) is 0 Å². The molecule has 0 aromatic rings. The number of nitrogens with zero attached hydrogens (tertiary/aromatic N) is 1. The molecule has 4 unspecified atom stereocenters. The van der Waals surface area contributed by atoms with Crippen molar-refractivity contribution >= 4 is 48.2 Å². The first-order valence-corrected chi connectivity index (χ1v) is 11.7. The number of amides is 3. The minimum absolute atomic E-state index is 0.0275. The Morgan fingerprint density at radius 3 is 1.86 bits per heavy atom. The van der Waals surface area contributed by atoms with Crippen molar-refractivity contribution in [3.8, 4) is 0 Å². The molecule has 0 aliphatic carbocycles. The Balaban J connectivity index is 5.58. The van der Waals surface area contributed by atoms with Crippen LogP contribution in [0, 0.1) is 5.92 Å². The zero-order chi connectivity index (χ0) is 27.1. The fourth-order valence-electron chi connectivity index (χ4n) is 2.93. The average Bonchev–Trinajstić information content (AvgIpc) is 2.75. The number of thiol groups is 1. The molecule has 14 nitrogen and oxygen atoms in total. The van der Waals surface area contributed by atoms with E-state index in [0.717, 1.165) is 0 Å². The molecule has 0 fully saturated rings. The zero-order valence-electron chi connectivity index (χ0n) is 19.9. The highest BCUT2D eigenvalue weighted by molar-refractivity contribution is 7.80. The number of aliphatic imine (C=N–C) groups is 1. The molecule has 0 aliphatic rings. The Morgan fingerprint density at radius 2 is 1.40 bits per heavy atom. The zero-order valence-corrected chi connectivity index (χ0v) is 20.8. The van der Waals surface area contributed by atoms with E-state index in [4.69, 9.17) is 22.3 Å². The van der Waals surface area contributed by atoms with E-state index in [9.17, 15) is 29.1 Å². The third-order valence-electron chi connectivity index (χ3n) is 4.72. The van der Waals surface area contributed by atoms with Crippen LogP contribution in [0.2, 0.25) is 0 Å². The summed E-state index contributed by atoms with van der Waals surface area (Å²) in [7, 11) is 0. The molecule has 0 aliphatic heterocycles. The Hall–Kier alpha value is -3.07. The number of carbonyl (C=O) groups is 5. The highest BCUT2D eigenvalue weighted by Gasteiger charge is 2.30. The first-order chi connectivity index (χ1) is 16.3. The molecule has 0 radical (unpaired) electrons. The Morgan fingerprint density at radius 1 is 0.886 bits per heavy atom. The molecule has 0 aromatic carbocycles. The molecular weight excluding hydrogens is 482 g/mol. The molecule has 0 saturated heterocycles. The monoisotopic (exact) mass is 519 g/mol. The molecule has 0 saturated carbocycles. The van der Waals surface area contributed by atoms with Gasteiger partial charge in [0.15, 0.2) is 5.96 Å². The molecule has 0 bridgehead atoms. The van der Waals surface area contributed by atoms with E-state index >= 15 is 0 Å².